The van der Waals surface area contributed by atoms with E-state index in [-0.39, 0.29) is 11.7 Å². The van der Waals surface area contributed by atoms with Crippen LogP contribution in [0.1, 0.15) is 31.9 Å². The SMILES string of the molecule is CC1(C)C(=O)[C@H]2O[C@]1(C)O[C@@]21C(=O)N(Cc2ccccc2)c2ccccc21. The van der Waals surface area contributed by atoms with Crippen LogP contribution in [0.3, 0.4) is 0 Å². The summed E-state index contributed by atoms with van der Waals surface area (Å²) < 4.78 is 12.4. The minimum atomic E-state index is -1.40. The Bertz CT molecular complexity index is 969. The first-order chi connectivity index (χ1) is 12.8. The van der Waals surface area contributed by atoms with Crippen LogP contribution in [0.5, 0.6) is 0 Å². The van der Waals surface area contributed by atoms with Gasteiger partial charge in [0.2, 0.25) is 5.60 Å². The minimum Gasteiger partial charge on any atom is -0.334 e. The van der Waals surface area contributed by atoms with E-state index in [0.717, 1.165) is 11.3 Å². The second-order valence-electron chi connectivity index (χ2n) is 8.16. The number of hydrogen-bond acceptors (Lipinski definition) is 4. The molecule has 3 atom stereocenters. The predicted molar refractivity (Wildman–Crippen MR) is 98.9 cm³/mol. The molecule has 3 heterocycles. The quantitative estimate of drug-likeness (QED) is 0.822. The number of rotatable bonds is 2. The molecule has 2 aromatic rings. The zero-order chi connectivity index (χ0) is 19.0. The summed E-state index contributed by atoms with van der Waals surface area (Å²) in [6, 6.07) is 17.3. The van der Waals surface area contributed by atoms with Crippen LogP contribution >= 0.6 is 0 Å². The fourth-order valence-electron chi connectivity index (χ4n) is 4.48. The van der Waals surface area contributed by atoms with Crippen LogP contribution in [0.2, 0.25) is 0 Å². The number of fused-ring (bicyclic) bond motifs is 5. The third-order valence-electron chi connectivity index (χ3n) is 6.40. The van der Waals surface area contributed by atoms with Crippen molar-refractivity contribution in [2.75, 3.05) is 4.90 Å². The number of anilines is 1. The molecule has 5 nitrogen and oxygen atoms in total. The van der Waals surface area contributed by atoms with Crippen molar-refractivity contribution >= 4 is 17.4 Å². The van der Waals surface area contributed by atoms with Gasteiger partial charge in [0.1, 0.15) is 0 Å². The van der Waals surface area contributed by atoms with Gasteiger partial charge in [-0.05, 0) is 32.4 Å². The highest BCUT2D eigenvalue weighted by molar-refractivity contribution is 6.12. The predicted octanol–water partition coefficient (Wildman–Crippen LogP) is 3.17. The Morgan fingerprint density at radius 1 is 0.963 bits per heavy atom. The molecule has 1 amide bonds. The number of ether oxygens (including phenoxy) is 2. The Balaban J connectivity index is 1.64. The van der Waals surface area contributed by atoms with Crippen molar-refractivity contribution in [3.05, 3.63) is 65.7 Å². The maximum Gasteiger partial charge on any atom is 0.267 e. The van der Waals surface area contributed by atoms with E-state index in [9.17, 15) is 9.59 Å². The highest BCUT2D eigenvalue weighted by atomic mass is 16.8. The van der Waals surface area contributed by atoms with Crippen LogP contribution in [0, 0.1) is 5.41 Å². The Labute approximate surface area is 157 Å². The van der Waals surface area contributed by atoms with Gasteiger partial charge >= 0.3 is 0 Å². The average Bonchev–Trinajstić information content (AvgIpc) is 3.17. The van der Waals surface area contributed by atoms with Crippen LogP contribution in [0.25, 0.3) is 0 Å². The zero-order valence-corrected chi connectivity index (χ0v) is 15.6. The number of hydrogen-bond donors (Lipinski definition) is 0. The number of Topliss-reactive ketones (excluding diaryl/α,β-unsaturated/α-hetero) is 1. The van der Waals surface area contributed by atoms with E-state index in [1.54, 1.807) is 11.8 Å². The third kappa shape index (κ3) is 1.86. The Morgan fingerprint density at radius 2 is 1.63 bits per heavy atom. The molecule has 0 aromatic heterocycles. The minimum absolute atomic E-state index is 0.0824. The summed E-state index contributed by atoms with van der Waals surface area (Å²) in [5.41, 5.74) is 0.303. The van der Waals surface area contributed by atoms with Crippen LogP contribution in [-0.2, 0) is 31.2 Å². The molecule has 0 radical (unpaired) electrons. The lowest BCUT2D eigenvalue weighted by atomic mass is 9.73. The molecule has 1 spiro atoms. The van der Waals surface area contributed by atoms with E-state index in [0.29, 0.717) is 12.1 Å². The van der Waals surface area contributed by atoms with Crippen molar-refractivity contribution in [2.24, 2.45) is 5.41 Å². The first kappa shape index (κ1) is 16.7. The molecule has 0 aliphatic carbocycles. The standard InChI is InChI=1S/C22H21NO4/c1-20(2)17(24)18-22(27-21(20,3)26-18)15-11-7-8-12-16(15)23(19(22)25)13-14-9-5-4-6-10-14/h4-12,18H,13H2,1-3H3/t18-,21-,22-/m1/s1. The largest absolute Gasteiger partial charge is 0.334 e. The van der Waals surface area contributed by atoms with Crippen molar-refractivity contribution in [1.29, 1.82) is 0 Å². The summed E-state index contributed by atoms with van der Waals surface area (Å²) in [5.74, 6) is -1.44. The Hall–Kier alpha value is -2.50. The number of ketones is 1. The molecule has 138 valence electrons. The summed E-state index contributed by atoms with van der Waals surface area (Å²) in [4.78, 5) is 28.5. The van der Waals surface area contributed by atoms with Crippen LogP contribution < -0.4 is 4.90 Å². The lowest BCUT2D eigenvalue weighted by Crippen LogP contribution is -2.58. The number of amides is 1. The molecular formula is C22H21NO4. The van der Waals surface area contributed by atoms with E-state index in [1.165, 1.54) is 0 Å². The fourth-order valence-corrected chi connectivity index (χ4v) is 4.48. The van der Waals surface area contributed by atoms with Gasteiger partial charge in [-0.25, -0.2) is 0 Å². The Kier molecular flexibility index (Phi) is 3.12. The van der Waals surface area contributed by atoms with Gasteiger partial charge in [0.15, 0.2) is 17.7 Å². The van der Waals surface area contributed by atoms with Gasteiger partial charge in [-0.2, -0.15) is 0 Å². The maximum atomic E-state index is 13.6. The van der Waals surface area contributed by atoms with Gasteiger partial charge in [0.05, 0.1) is 17.6 Å². The summed E-state index contributed by atoms with van der Waals surface area (Å²) in [7, 11) is 0. The summed E-state index contributed by atoms with van der Waals surface area (Å²) in [6.45, 7) is 5.81. The highest BCUT2D eigenvalue weighted by Crippen LogP contribution is 2.62. The van der Waals surface area contributed by atoms with E-state index >= 15 is 0 Å². The molecule has 5 heteroatoms. The first-order valence-electron chi connectivity index (χ1n) is 9.19. The van der Waals surface area contributed by atoms with Crippen LogP contribution in [0.15, 0.2) is 54.6 Å². The second-order valence-corrected chi connectivity index (χ2v) is 8.16. The smallest absolute Gasteiger partial charge is 0.267 e. The van der Waals surface area contributed by atoms with Gasteiger partial charge in [-0.3, -0.25) is 9.59 Å². The summed E-state index contributed by atoms with van der Waals surface area (Å²) in [6.07, 6.45) is -0.924. The van der Waals surface area contributed by atoms with Crippen molar-refractivity contribution in [1.82, 2.24) is 0 Å². The molecule has 2 saturated heterocycles. The molecule has 2 aromatic carbocycles. The van der Waals surface area contributed by atoms with Gasteiger partial charge in [-0.1, -0.05) is 48.5 Å². The molecule has 0 saturated carbocycles. The normalized spacial score (nSPS) is 33.1. The zero-order valence-electron chi connectivity index (χ0n) is 15.6. The van der Waals surface area contributed by atoms with Gasteiger partial charge in [-0.15, -0.1) is 0 Å². The van der Waals surface area contributed by atoms with E-state index in [4.69, 9.17) is 9.47 Å². The summed E-state index contributed by atoms with van der Waals surface area (Å²) >= 11 is 0. The van der Waals surface area contributed by atoms with Crippen LogP contribution in [0.4, 0.5) is 5.69 Å². The number of benzene rings is 2. The number of carbonyl (C=O) groups is 2. The molecule has 0 N–H and O–H groups in total. The lowest BCUT2D eigenvalue weighted by molar-refractivity contribution is -0.222. The molecule has 27 heavy (non-hydrogen) atoms. The molecule has 2 fully saturated rings. The van der Waals surface area contributed by atoms with Gasteiger partial charge in [0.25, 0.3) is 5.91 Å². The van der Waals surface area contributed by atoms with E-state index < -0.39 is 22.9 Å². The van der Waals surface area contributed by atoms with Crippen LogP contribution in [-0.4, -0.2) is 23.6 Å². The molecule has 0 unspecified atom stereocenters. The monoisotopic (exact) mass is 363 g/mol. The number of nitrogens with zero attached hydrogens (tertiary/aromatic N) is 1. The highest BCUT2D eigenvalue weighted by Gasteiger charge is 2.78. The van der Waals surface area contributed by atoms with Crippen molar-refractivity contribution < 1.29 is 19.1 Å². The third-order valence-corrected chi connectivity index (χ3v) is 6.40. The molecule has 3 aliphatic rings. The van der Waals surface area contributed by atoms with Gasteiger partial charge in [0, 0.05) is 5.56 Å². The first-order valence-corrected chi connectivity index (χ1v) is 9.19. The fraction of sp³-hybridized carbons (Fsp3) is 0.364. The van der Waals surface area contributed by atoms with Crippen molar-refractivity contribution in [3.63, 3.8) is 0 Å². The molecule has 3 aliphatic heterocycles. The topological polar surface area (TPSA) is 55.8 Å². The molecule has 2 bridgehead atoms. The molecule has 5 rings (SSSR count). The Morgan fingerprint density at radius 3 is 2.30 bits per heavy atom. The maximum absolute atomic E-state index is 13.6. The lowest BCUT2D eigenvalue weighted by Gasteiger charge is -2.40. The van der Waals surface area contributed by atoms with E-state index in [2.05, 4.69) is 0 Å². The van der Waals surface area contributed by atoms with Crippen molar-refractivity contribution in [2.45, 2.75) is 44.8 Å². The van der Waals surface area contributed by atoms with Gasteiger partial charge < -0.3 is 14.4 Å². The summed E-state index contributed by atoms with van der Waals surface area (Å²) in [5, 5.41) is 0. The number of carbonyl (C=O) groups excluding carboxylic acids is 2. The number of para-hydroxylation sites is 1. The molecular weight excluding hydrogens is 342 g/mol. The second kappa shape index (κ2) is 5.06. The van der Waals surface area contributed by atoms with E-state index in [1.807, 2.05) is 68.4 Å². The van der Waals surface area contributed by atoms with Crippen molar-refractivity contribution in [3.8, 4) is 0 Å². The average molecular weight is 363 g/mol.